The first-order valence-electron chi connectivity index (χ1n) is 6.32. The van der Waals surface area contributed by atoms with E-state index in [4.69, 9.17) is 0 Å². The summed E-state index contributed by atoms with van der Waals surface area (Å²) in [5.74, 6) is -2.27. The van der Waals surface area contributed by atoms with E-state index in [1.165, 1.54) is 12.1 Å². The predicted octanol–water partition coefficient (Wildman–Crippen LogP) is 2.21. The number of rotatable bonds is 4. The Morgan fingerprint density at radius 2 is 2.05 bits per heavy atom. The van der Waals surface area contributed by atoms with E-state index in [0.29, 0.717) is 12.1 Å². The second-order valence-electron chi connectivity index (χ2n) is 4.73. The first-order chi connectivity index (χ1) is 9.04. The standard InChI is InChI=1S/C14H16FNO3/c1-2-7-16-12(17)8-11(14(18)19)13(16)9-3-5-10(15)6-4-9/h3-6,11,13H,2,7-8H2,1H3,(H,18,19)/t11-,13-/m1/s1. The van der Waals surface area contributed by atoms with Crippen molar-refractivity contribution in [3.8, 4) is 0 Å². The van der Waals surface area contributed by atoms with Crippen molar-refractivity contribution in [3.63, 3.8) is 0 Å². The fourth-order valence-electron chi connectivity index (χ4n) is 2.59. The summed E-state index contributed by atoms with van der Waals surface area (Å²) in [6.45, 7) is 2.45. The van der Waals surface area contributed by atoms with Crippen LogP contribution in [0.5, 0.6) is 0 Å². The van der Waals surface area contributed by atoms with E-state index in [0.717, 1.165) is 6.42 Å². The minimum Gasteiger partial charge on any atom is -0.481 e. The van der Waals surface area contributed by atoms with Crippen LogP contribution in [0.4, 0.5) is 4.39 Å². The summed E-state index contributed by atoms with van der Waals surface area (Å²) in [5, 5.41) is 9.25. The molecule has 4 nitrogen and oxygen atoms in total. The van der Waals surface area contributed by atoms with Crippen molar-refractivity contribution in [3.05, 3.63) is 35.6 Å². The van der Waals surface area contributed by atoms with Gasteiger partial charge >= 0.3 is 5.97 Å². The molecule has 1 aromatic rings. The van der Waals surface area contributed by atoms with Crippen LogP contribution in [0.2, 0.25) is 0 Å². The summed E-state index contributed by atoms with van der Waals surface area (Å²) in [6, 6.07) is 5.20. The molecule has 0 aliphatic carbocycles. The molecule has 1 aliphatic heterocycles. The van der Waals surface area contributed by atoms with Gasteiger partial charge in [0.05, 0.1) is 12.0 Å². The van der Waals surface area contributed by atoms with Gasteiger partial charge in [-0.15, -0.1) is 0 Å². The number of aliphatic carboxylic acids is 1. The molecule has 0 radical (unpaired) electrons. The van der Waals surface area contributed by atoms with Gasteiger partial charge in [-0.1, -0.05) is 19.1 Å². The maximum Gasteiger partial charge on any atom is 0.309 e. The normalized spacial score (nSPS) is 22.8. The average molecular weight is 265 g/mol. The Morgan fingerprint density at radius 3 is 2.58 bits per heavy atom. The molecular formula is C14H16FNO3. The summed E-state index contributed by atoms with van der Waals surface area (Å²) in [7, 11) is 0. The first-order valence-corrected chi connectivity index (χ1v) is 6.32. The SMILES string of the molecule is CCCN1C(=O)C[C@@H](C(=O)O)[C@H]1c1ccc(F)cc1. The summed E-state index contributed by atoms with van der Waals surface area (Å²) in [5.41, 5.74) is 0.674. The van der Waals surface area contributed by atoms with E-state index < -0.39 is 17.9 Å². The minimum atomic E-state index is -0.985. The third-order valence-corrected chi connectivity index (χ3v) is 3.43. The van der Waals surface area contributed by atoms with Crippen LogP contribution in [-0.4, -0.2) is 28.4 Å². The summed E-state index contributed by atoms with van der Waals surface area (Å²) in [4.78, 5) is 24.8. The molecule has 0 saturated carbocycles. The van der Waals surface area contributed by atoms with Crippen molar-refractivity contribution >= 4 is 11.9 Å². The van der Waals surface area contributed by atoms with Crippen LogP contribution in [0.15, 0.2) is 24.3 Å². The number of halogens is 1. The number of carboxylic acids is 1. The Kier molecular flexibility index (Phi) is 3.83. The Labute approximate surface area is 110 Å². The van der Waals surface area contributed by atoms with E-state index in [-0.39, 0.29) is 18.1 Å². The Hall–Kier alpha value is -1.91. The molecule has 19 heavy (non-hydrogen) atoms. The summed E-state index contributed by atoms with van der Waals surface area (Å²) >= 11 is 0. The lowest BCUT2D eigenvalue weighted by atomic mass is 9.93. The molecule has 1 fully saturated rings. The van der Waals surface area contributed by atoms with Gasteiger partial charge in [0.2, 0.25) is 5.91 Å². The topological polar surface area (TPSA) is 57.6 Å². The molecule has 1 saturated heterocycles. The molecule has 2 atom stereocenters. The van der Waals surface area contributed by atoms with Crippen LogP contribution in [-0.2, 0) is 9.59 Å². The maximum absolute atomic E-state index is 13.0. The molecule has 1 aromatic carbocycles. The van der Waals surface area contributed by atoms with Crippen LogP contribution in [0.3, 0.4) is 0 Å². The minimum absolute atomic E-state index is 0.0113. The van der Waals surface area contributed by atoms with Crippen LogP contribution < -0.4 is 0 Å². The molecule has 1 amide bonds. The Balaban J connectivity index is 2.37. The quantitative estimate of drug-likeness (QED) is 0.908. The molecule has 1 heterocycles. The molecule has 5 heteroatoms. The van der Waals surface area contributed by atoms with Gasteiger partial charge < -0.3 is 10.0 Å². The number of nitrogens with zero attached hydrogens (tertiary/aromatic N) is 1. The number of benzene rings is 1. The summed E-state index contributed by atoms with van der Waals surface area (Å²) < 4.78 is 13.0. The zero-order valence-electron chi connectivity index (χ0n) is 10.7. The smallest absolute Gasteiger partial charge is 0.309 e. The number of hydrogen-bond donors (Lipinski definition) is 1. The molecule has 2 rings (SSSR count). The average Bonchev–Trinajstić information content (AvgIpc) is 2.69. The molecule has 102 valence electrons. The van der Waals surface area contributed by atoms with Crippen molar-refractivity contribution < 1.29 is 19.1 Å². The largest absolute Gasteiger partial charge is 0.481 e. The molecule has 0 bridgehead atoms. The van der Waals surface area contributed by atoms with E-state index in [2.05, 4.69) is 0 Å². The lowest BCUT2D eigenvalue weighted by molar-refractivity contribution is -0.142. The second-order valence-corrected chi connectivity index (χ2v) is 4.73. The molecule has 1 aliphatic rings. The van der Waals surface area contributed by atoms with Crippen LogP contribution in [0, 0.1) is 11.7 Å². The highest BCUT2D eigenvalue weighted by Gasteiger charge is 2.44. The van der Waals surface area contributed by atoms with Crippen LogP contribution in [0.25, 0.3) is 0 Å². The van der Waals surface area contributed by atoms with E-state index >= 15 is 0 Å². The highest BCUT2D eigenvalue weighted by molar-refractivity contribution is 5.87. The van der Waals surface area contributed by atoms with Gasteiger partial charge in [0.1, 0.15) is 5.82 Å². The molecule has 1 N–H and O–H groups in total. The molecule has 0 aromatic heterocycles. The third kappa shape index (κ3) is 2.59. The molecule has 0 spiro atoms. The Morgan fingerprint density at radius 1 is 1.42 bits per heavy atom. The fourth-order valence-corrected chi connectivity index (χ4v) is 2.59. The van der Waals surface area contributed by atoms with E-state index in [9.17, 15) is 19.1 Å². The number of carbonyl (C=O) groups is 2. The second kappa shape index (κ2) is 5.38. The third-order valence-electron chi connectivity index (χ3n) is 3.43. The van der Waals surface area contributed by atoms with Gasteiger partial charge in [-0.25, -0.2) is 4.39 Å². The van der Waals surface area contributed by atoms with E-state index in [1.54, 1.807) is 17.0 Å². The van der Waals surface area contributed by atoms with Gasteiger partial charge in [-0.05, 0) is 24.1 Å². The van der Waals surface area contributed by atoms with Crippen molar-refractivity contribution in [1.29, 1.82) is 0 Å². The van der Waals surface area contributed by atoms with Crippen molar-refractivity contribution in [2.24, 2.45) is 5.92 Å². The van der Waals surface area contributed by atoms with Crippen LogP contribution in [0.1, 0.15) is 31.4 Å². The van der Waals surface area contributed by atoms with Gasteiger partial charge in [0.15, 0.2) is 0 Å². The monoisotopic (exact) mass is 265 g/mol. The van der Waals surface area contributed by atoms with Crippen molar-refractivity contribution in [1.82, 2.24) is 4.90 Å². The van der Waals surface area contributed by atoms with Gasteiger partial charge in [0, 0.05) is 13.0 Å². The van der Waals surface area contributed by atoms with Gasteiger partial charge in [-0.2, -0.15) is 0 Å². The van der Waals surface area contributed by atoms with Crippen molar-refractivity contribution in [2.75, 3.05) is 6.54 Å². The number of amides is 1. The number of carboxylic acid groups (broad SMARTS) is 1. The Bertz CT molecular complexity index is 486. The van der Waals surface area contributed by atoms with E-state index in [1.807, 2.05) is 6.92 Å². The fraction of sp³-hybridized carbons (Fsp3) is 0.429. The maximum atomic E-state index is 13.0. The van der Waals surface area contributed by atoms with Gasteiger partial charge in [-0.3, -0.25) is 9.59 Å². The number of carbonyl (C=O) groups excluding carboxylic acids is 1. The molecule has 0 unspecified atom stereocenters. The lowest BCUT2D eigenvalue weighted by Crippen LogP contribution is -2.31. The van der Waals surface area contributed by atoms with Crippen molar-refractivity contribution in [2.45, 2.75) is 25.8 Å². The summed E-state index contributed by atoms with van der Waals surface area (Å²) in [6.07, 6.45) is 0.771. The number of hydrogen-bond acceptors (Lipinski definition) is 2. The highest BCUT2D eigenvalue weighted by Crippen LogP contribution is 2.38. The van der Waals surface area contributed by atoms with Gasteiger partial charge in [0.25, 0.3) is 0 Å². The number of likely N-dealkylation sites (tertiary alicyclic amines) is 1. The van der Waals surface area contributed by atoms with Crippen LogP contribution >= 0.6 is 0 Å². The predicted molar refractivity (Wildman–Crippen MR) is 66.9 cm³/mol. The first kappa shape index (κ1) is 13.5. The lowest BCUT2D eigenvalue weighted by Gasteiger charge is -2.27. The highest BCUT2D eigenvalue weighted by atomic mass is 19.1. The zero-order valence-corrected chi connectivity index (χ0v) is 10.7. The molecular weight excluding hydrogens is 249 g/mol. The zero-order chi connectivity index (χ0) is 14.0.